The van der Waals surface area contributed by atoms with E-state index in [9.17, 15) is 4.79 Å². The van der Waals surface area contributed by atoms with E-state index in [0.717, 1.165) is 28.1 Å². The summed E-state index contributed by atoms with van der Waals surface area (Å²) >= 11 is 6.17. The van der Waals surface area contributed by atoms with E-state index in [4.69, 9.17) is 16.6 Å². The summed E-state index contributed by atoms with van der Waals surface area (Å²) in [6, 6.07) is 16.9. The number of aromatic nitrogens is 4. The third-order valence-electron chi connectivity index (χ3n) is 5.46. The standard InChI is InChI=1S/C23H21ClN6O/c1-16-26-21(20-15-25-30(22(20)27-16)19-9-5-8-18(24)14-19)28-10-12-29(13-11-28)23(31)17-6-3-2-4-7-17/h2-9,14-15H,10-13H2,1H3. The largest absolute Gasteiger partial charge is 0.352 e. The first-order valence-electron chi connectivity index (χ1n) is 10.2. The van der Waals surface area contributed by atoms with Crippen LogP contribution in [0.25, 0.3) is 16.7 Å². The van der Waals surface area contributed by atoms with Crippen LogP contribution in [0.3, 0.4) is 0 Å². The first-order chi connectivity index (χ1) is 15.1. The van der Waals surface area contributed by atoms with E-state index in [1.165, 1.54) is 0 Å². The number of carbonyl (C=O) groups is 1. The Morgan fingerprint density at radius 2 is 1.74 bits per heavy atom. The summed E-state index contributed by atoms with van der Waals surface area (Å²) < 4.78 is 1.79. The van der Waals surface area contributed by atoms with Gasteiger partial charge < -0.3 is 9.80 Å². The second-order valence-electron chi connectivity index (χ2n) is 7.51. The van der Waals surface area contributed by atoms with Crippen molar-refractivity contribution in [2.24, 2.45) is 0 Å². The maximum Gasteiger partial charge on any atom is 0.253 e. The van der Waals surface area contributed by atoms with Crippen molar-refractivity contribution in [3.8, 4) is 5.69 Å². The fourth-order valence-electron chi connectivity index (χ4n) is 3.92. The predicted octanol–water partition coefficient (Wildman–Crippen LogP) is 3.74. The summed E-state index contributed by atoms with van der Waals surface area (Å²) in [6.45, 7) is 4.56. The van der Waals surface area contributed by atoms with Crippen molar-refractivity contribution in [3.05, 3.63) is 77.2 Å². The first-order valence-corrected chi connectivity index (χ1v) is 10.6. The number of rotatable bonds is 3. The van der Waals surface area contributed by atoms with Crippen LogP contribution in [-0.4, -0.2) is 56.7 Å². The fraction of sp³-hybridized carbons (Fsp3) is 0.217. The van der Waals surface area contributed by atoms with Crippen molar-refractivity contribution < 1.29 is 4.79 Å². The van der Waals surface area contributed by atoms with Gasteiger partial charge in [-0.15, -0.1) is 0 Å². The number of carbonyl (C=O) groups excluding carboxylic acids is 1. The van der Waals surface area contributed by atoms with Gasteiger partial charge >= 0.3 is 0 Å². The monoisotopic (exact) mass is 432 g/mol. The molecule has 7 nitrogen and oxygen atoms in total. The van der Waals surface area contributed by atoms with Crippen molar-refractivity contribution in [2.75, 3.05) is 31.1 Å². The number of benzene rings is 2. The molecule has 0 bridgehead atoms. The Hall–Kier alpha value is -3.45. The van der Waals surface area contributed by atoms with Crippen molar-refractivity contribution >= 4 is 34.4 Å². The maximum absolute atomic E-state index is 12.8. The van der Waals surface area contributed by atoms with Crippen LogP contribution < -0.4 is 4.90 Å². The Morgan fingerprint density at radius 1 is 0.968 bits per heavy atom. The predicted molar refractivity (Wildman–Crippen MR) is 121 cm³/mol. The van der Waals surface area contributed by atoms with Crippen molar-refractivity contribution in [2.45, 2.75) is 6.92 Å². The zero-order valence-corrected chi connectivity index (χ0v) is 17.8. The number of halogens is 1. The second-order valence-corrected chi connectivity index (χ2v) is 7.95. The van der Waals surface area contributed by atoms with Crippen LogP contribution >= 0.6 is 11.6 Å². The number of hydrogen-bond donors (Lipinski definition) is 0. The summed E-state index contributed by atoms with van der Waals surface area (Å²) in [4.78, 5) is 26.2. The van der Waals surface area contributed by atoms with Crippen molar-refractivity contribution in [1.82, 2.24) is 24.6 Å². The highest BCUT2D eigenvalue weighted by Gasteiger charge is 2.25. The van der Waals surface area contributed by atoms with E-state index < -0.39 is 0 Å². The average molecular weight is 433 g/mol. The molecule has 2 aromatic carbocycles. The molecule has 1 aliphatic heterocycles. The minimum atomic E-state index is 0.0676. The normalized spacial score (nSPS) is 14.3. The summed E-state index contributed by atoms with van der Waals surface area (Å²) in [5.74, 6) is 1.59. The lowest BCUT2D eigenvalue weighted by Crippen LogP contribution is -2.49. The number of anilines is 1. The third kappa shape index (κ3) is 3.72. The zero-order valence-electron chi connectivity index (χ0n) is 17.1. The molecule has 0 aliphatic carbocycles. The number of piperazine rings is 1. The van der Waals surface area contributed by atoms with Crippen LogP contribution in [0.15, 0.2) is 60.8 Å². The van der Waals surface area contributed by atoms with Crippen LogP contribution in [0, 0.1) is 6.92 Å². The lowest BCUT2D eigenvalue weighted by molar-refractivity contribution is 0.0746. The molecule has 3 heterocycles. The molecule has 1 aliphatic rings. The number of amides is 1. The van der Waals surface area contributed by atoms with Crippen LogP contribution in [0.1, 0.15) is 16.2 Å². The summed E-state index contributed by atoms with van der Waals surface area (Å²) in [7, 11) is 0. The molecule has 0 atom stereocenters. The molecule has 1 saturated heterocycles. The van der Waals surface area contributed by atoms with Gasteiger partial charge in [-0.05, 0) is 37.3 Å². The van der Waals surface area contributed by atoms with E-state index in [1.807, 2.05) is 66.4 Å². The molecule has 1 amide bonds. The van der Waals surface area contributed by atoms with E-state index in [0.29, 0.717) is 37.0 Å². The Balaban J connectivity index is 1.42. The number of hydrogen-bond acceptors (Lipinski definition) is 5. The minimum Gasteiger partial charge on any atom is -0.352 e. The fourth-order valence-corrected chi connectivity index (χ4v) is 4.11. The molecule has 2 aromatic heterocycles. The van der Waals surface area contributed by atoms with Gasteiger partial charge in [0.1, 0.15) is 11.6 Å². The summed E-state index contributed by atoms with van der Waals surface area (Å²) in [6.07, 6.45) is 1.80. The lowest BCUT2D eigenvalue weighted by Gasteiger charge is -2.35. The Kier molecular flexibility index (Phi) is 5.03. The van der Waals surface area contributed by atoms with E-state index in [2.05, 4.69) is 15.0 Å². The Bertz CT molecular complexity index is 1250. The molecule has 0 saturated carbocycles. The van der Waals surface area contributed by atoms with Gasteiger partial charge in [0.05, 0.1) is 17.3 Å². The Labute approximate surface area is 184 Å². The molecule has 1 fully saturated rings. The van der Waals surface area contributed by atoms with Gasteiger partial charge in [-0.1, -0.05) is 35.9 Å². The number of nitrogens with zero attached hydrogens (tertiary/aromatic N) is 6. The lowest BCUT2D eigenvalue weighted by atomic mass is 10.2. The van der Waals surface area contributed by atoms with E-state index in [-0.39, 0.29) is 5.91 Å². The summed E-state index contributed by atoms with van der Waals surface area (Å²) in [5.41, 5.74) is 2.32. The second kappa shape index (κ2) is 8.00. The minimum absolute atomic E-state index is 0.0676. The Morgan fingerprint density at radius 3 is 2.48 bits per heavy atom. The zero-order chi connectivity index (χ0) is 21.4. The molecule has 0 unspecified atom stereocenters. The van der Waals surface area contributed by atoms with Crippen molar-refractivity contribution in [3.63, 3.8) is 0 Å². The van der Waals surface area contributed by atoms with Gasteiger partial charge in [0.2, 0.25) is 0 Å². The maximum atomic E-state index is 12.8. The van der Waals surface area contributed by atoms with Crippen LogP contribution in [0.2, 0.25) is 5.02 Å². The molecule has 156 valence electrons. The topological polar surface area (TPSA) is 67.2 Å². The number of fused-ring (bicyclic) bond motifs is 1. The summed E-state index contributed by atoms with van der Waals surface area (Å²) in [5, 5.41) is 6.08. The molecule has 0 spiro atoms. The highest BCUT2D eigenvalue weighted by atomic mass is 35.5. The van der Waals surface area contributed by atoms with Crippen LogP contribution in [0.5, 0.6) is 0 Å². The van der Waals surface area contributed by atoms with Gasteiger partial charge in [0.25, 0.3) is 5.91 Å². The molecule has 4 aromatic rings. The highest BCUT2D eigenvalue weighted by Crippen LogP contribution is 2.27. The molecular weight excluding hydrogens is 412 g/mol. The SMILES string of the molecule is Cc1nc(N2CCN(C(=O)c3ccccc3)CC2)c2cnn(-c3cccc(Cl)c3)c2n1. The van der Waals surface area contributed by atoms with Gasteiger partial charge in [-0.2, -0.15) is 5.10 Å². The molecule has 0 N–H and O–H groups in total. The quantitative estimate of drug-likeness (QED) is 0.493. The van der Waals surface area contributed by atoms with Gasteiger partial charge in [0, 0.05) is 36.8 Å². The van der Waals surface area contributed by atoms with Gasteiger partial charge in [-0.3, -0.25) is 4.79 Å². The van der Waals surface area contributed by atoms with Gasteiger partial charge in [-0.25, -0.2) is 14.6 Å². The molecule has 31 heavy (non-hydrogen) atoms. The molecular formula is C23H21ClN6O. The highest BCUT2D eigenvalue weighted by molar-refractivity contribution is 6.30. The molecule has 0 radical (unpaired) electrons. The van der Waals surface area contributed by atoms with Crippen molar-refractivity contribution in [1.29, 1.82) is 0 Å². The van der Waals surface area contributed by atoms with Gasteiger partial charge in [0.15, 0.2) is 5.65 Å². The van der Waals surface area contributed by atoms with E-state index in [1.54, 1.807) is 10.9 Å². The van der Waals surface area contributed by atoms with Crippen LogP contribution in [0.4, 0.5) is 5.82 Å². The smallest absolute Gasteiger partial charge is 0.253 e. The van der Waals surface area contributed by atoms with E-state index >= 15 is 0 Å². The average Bonchev–Trinajstić information content (AvgIpc) is 3.22. The third-order valence-corrected chi connectivity index (χ3v) is 5.70. The van der Waals surface area contributed by atoms with Crippen LogP contribution in [-0.2, 0) is 0 Å². The first kappa shape index (κ1) is 19.5. The number of aryl methyl sites for hydroxylation is 1. The molecule has 5 rings (SSSR count). The molecule has 8 heteroatoms.